The van der Waals surface area contributed by atoms with Crippen molar-refractivity contribution in [3.8, 4) is 17.7 Å². The van der Waals surface area contributed by atoms with Gasteiger partial charge in [0.25, 0.3) is 0 Å². The van der Waals surface area contributed by atoms with E-state index in [0.717, 1.165) is 0 Å². The number of aldehydes is 1. The SMILES string of the molecule is N#Cc1cccc(Oc2ccc(C=O)cn2)c1. The smallest absolute Gasteiger partial charge is 0.219 e. The molecule has 0 atom stereocenters. The second kappa shape index (κ2) is 4.90. The molecule has 0 saturated heterocycles. The Morgan fingerprint density at radius 3 is 2.82 bits per heavy atom. The lowest BCUT2D eigenvalue weighted by molar-refractivity contribution is 0.112. The van der Waals surface area contributed by atoms with E-state index in [0.29, 0.717) is 29.0 Å². The fourth-order valence-corrected chi connectivity index (χ4v) is 1.27. The van der Waals surface area contributed by atoms with Crippen LogP contribution in [0.15, 0.2) is 42.6 Å². The number of hydrogen-bond donors (Lipinski definition) is 0. The van der Waals surface area contributed by atoms with Gasteiger partial charge in [-0.15, -0.1) is 0 Å². The number of carbonyl (C=O) groups excluding carboxylic acids is 1. The van der Waals surface area contributed by atoms with Crippen molar-refractivity contribution >= 4 is 6.29 Å². The fraction of sp³-hybridized carbons (Fsp3) is 0. The van der Waals surface area contributed by atoms with Crippen molar-refractivity contribution in [2.75, 3.05) is 0 Å². The second-order valence-electron chi connectivity index (χ2n) is 3.29. The number of pyridine rings is 1. The molecular formula is C13H8N2O2. The summed E-state index contributed by atoms with van der Waals surface area (Å²) in [5.41, 5.74) is 1.01. The van der Waals surface area contributed by atoms with Crippen LogP contribution in [0.5, 0.6) is 11.6 Å². The number of carbonyl (C=O) groups is 1. The van der Waals surface area contributed by atoms with Gasteiger partial charge in [-0.3, -0.25) is 4.79 Å². The second-order valence-corrected chi connectivity index (χ2v) is 3.29. The molecule has 4 nitrogen and oxygen atoms in total. The van der Waals surface area contributed by atoms with Gasteiger partial charge in [0.15, 0.2) is 6.29 Å². The third kappa shape index (κ3) is 2.67. The Hall–Kier alpha value is -2.67. The Labute approximate surface area is 98.1 Å². The van der Waals surface area contributed by atoms with Crippen LogP contribution in [0.4, 0.5) is 0 Å². The summed E-state index contributed by atoms with van der Waals surface area (Å²) in [5.74, 6) is 0.918. The summed E-state index contributed by atoms with van der Waals surface area (Å²) in [6.45, 7) is 0. The van der Waals surface area contributed by atoms with Crippen LogP contribution in [0, 0.1) is 11.3 Å². The third-order valence-electron chi connectivity index (χ3n) is 2.08. The highest BCUT2D eigenvalue weighted by atomic mass is 16.5. The van der Waals surface area contributed by atoms with Crippen molar-refractivity contribution < 1.29 is 9.53 Å². The molecule has 0 fully saturated rings. The topological polar surface area (TPSA) is 63.0 Å². The summed E-state index contributed by atoms with van der Waals surface area (Å²) >= 11 is 0. The normalized spacial score (nSPS) is 9.35. The van der Waals surface area contributed by atoms with Crippen molar-refractivity contribution in [3.63, 3.8) is 0 Å². The van der Waals surface area contributed by atoms with Gasteiger partial charge in [-0.2, -0.15) is 5.26 Å². The van der Waals surface area contributed by atoms with Gasteiger partial charge in [-0.1, -0.05) is 6.07 Å². The van der Waals surface area contributed by atoms with E-state index in [2.05, 4.69) is 4.98 Å². The highest BCUT2D eigenvalue weighted by Gasteiger charge is 2.00. The van der Waals surface area contributed by atoms with Crippen LogP contribution >= 0.6 is 0 Å². The summed E-state index contributed by atoms with van der Waals surface area (Å²) in [7, 11) is 0. The van der Waals surface area contributed by atoms with Gasteiger partial charge in [-0.25, -0.2) is 4.98 Å². The standard InChI is InChI=1S/C13H8N2O2/c14-7-10-2-1-3-12(6-10)17-13-5-4-11(9-16)8-15-13/h1-6,8-9H. The van der Waals surface area contributed by atoms with Crippen LogP contribution in [0.3, 0.4) is 0 Å². The Kier molecular flexibility index (Phi) is 3.13. The zero-order chi connectivity index (χ0) is 12.1. The predicted octanol–water partition coefficient (Wildman–Crippen LogP) is 2.56. The van der Waals surface area contributed by atoms with E-state index in [1.54, 1.807) is 36.4 Å². The highest BCUT2D eigenvalue weighted by molar-refractivity contribution is 5.74. The first-order chi connectivity index (χ1) is 8.31. The molecule has 17 heavy (non-hydrogen) atoms. The molecule has 0 aliphatic heterocycles. The van der Waals surface area contributed by atoms with Gasteiger partial charge in [-0.05, 0) is 24.3 Å². The minimum absolute atomic E-state index is 0.380. The summed E-state index contributed by atoms with van der Waals surface area (Å²) in [6, 6.07) is 12.0. The number of ether oxygens (including phenoxy) is 1. The number of benzene rings is 1. The number of nitrogens with zero attached hydrogens (tertiary/aromatic N) is 2. The summed E-state index contributed by atoms with van der Waals surface area (Å²) < 4.78 is 5.44. The molecular weight excluding hydrogens is 216 g/mol. The molecule has 0 aliphatic rings. The van der Waals surface area contributed by atoms with Crippen molar-refractivity contribution in [3.05, 3.63) is 53.7 Å². The number of nitriles is 1. The van der Waals surface area contributed by atoms with E-state index in [-0.39, 0.29) is 0 Å². The summed E-state index contributed by atoms with van der Waals surface area (Å²) in [5, 5.41) is 8.74. The quantitative estimate of drug-likeness (QED) is 0.751. The van der Waals surface area contributed by atoms with Crippen molar-refractivity contribution in [2.45, 2.75) is 0 Å². The summed E-state index contributed by atoms with van der Waals surface area (Å²) in [4.78, 5) is 14.4. The lowest BCUT2D eigenvalue weighted by Gasteiger charge is -2.04. The van der Waals surface area contributed by atoms with Crippen LogP contribution in [0.2, 0.25) is 0 Å². The van der Waals surface area contributed by atoms with Gasteiger partial charge in [0.05, 0.1) is 11.6 Å². The number of rotatable bonds is 3. The molecule has 0 aliphatic carbocycles. The molecule has 2 rings (SSSR count). The molecule has 82 valence electrons. The molecule has 2 aromatic rings. The van der Waals surface area contributed by atoms with Crippen LogP contribution < -0.4 is 4.74 Å². The van der Waals surface area contributed by atoms with Gasteiger partial charge >= 0.3 is 0 Å². The van der Waals surface area contributed by atoms with Crippen molar-refractivity contribution in [2.24, 2.45) is 0 Å². The minimum atomic E-state index is 0.380. The molecule has 0 radical (unpaired) electrons. The lowest BCUT2D eigenvalue weighted by Crippen LogP contribution is -1.89. The first kappa shape index (κ1) is 10.8. The Bertz CT molecular complexity index is 571. The first-order valence-electron chi connectivity index (χ1n) is 4.91. The van der Waals surface area contributed by atoms with Crippen LogP contribution in [-0.4, -0.2) is 11.3 Å². The van der Waals surface area contributed by atoms with Crippen LogP contribution in [0.1, 0.15) is 15.9 Å². The zero-order valence-corrected chi connectivity index (χ0v) is 8.83. The molecule has 4 heteroatoms. The molecule has 1 aromatic carbocycles. The van der Waals surface area contributed by atoms with Crippen LogP contribution in [0.25, 0.3) is 0 Å². The van der Waals surface area contributed by atoms with Crippen molar-refractivity contribution in [1.82, 2.24) is 4.98 Å². The van der Waals surface area contributed by atoms with E-state index >= 15 is 0 Å². The number of aromatic nitrogens is 1. The largest absolute Gasteiger partial charge is 0.439 e. The lowest BCUT2D eigenvalue weighted by atomic mass is 10.2. The van der Waals surface area contributed by atoms with Gasteiger partial charge < -0.3 is 4.74 Å². The van der Waals surface area contributed by atoms with E-state index in [1.165, 1.54) is 6.20 Å². The number of hydrogen-bond acceptors (Lipinski definition) is 4. The molecule has 0 unspecified atom stereocenters. The Morgan fingerprint density at radius 1 is 1.29 bits per heavy atom. The fourth-order valence-electron chi connectivity index (χ4n) is 1.27. The first-order valence-corrected chi connectivity index (χ1v) is 4.91. The molecule has 0 N–H and O–H groups in total. The van der Waals surface area contributed by atoms with Crippen molar-refractivity contribution in [1.29, 1.82) is 5.26 Å². The maximum absolute atomic E-state index is 10.4. The average Bonchev–Trinajstić information content (AvgIpc) is 2.40. The summed E-state index contributed by atoms with van der Waals surface area (Å²) in [6.07, 6.45) is 2.14. The van der Waals surface area contributed by atoms with E-state index in [4.69, 9.17) is 10.00 Å². The highest BCUT2D eigenvalue weighted by Crippen LogP contribution is 2.19. The van der Waals surface area contributed by atoms with Gasteiger partial charge in [0.1, 0.15) is 5.75 Å². The Morgan fingerprint density at radius 2 is 2.18 bits per heavy atom. The molecule has 0 amide bonds. The average molecular weight is 224 g/mol. The third-order valence-corrected chi connectivity index (χ3v) is 2.08. The van der Waals surface area contributed by atoms with E-state index in [9.17, 15) is 4.79 Å². The molecule has 0 saturated carbocycles. The molecule has 0 bridgehead atoms. The van der Waals surface area contributed by atoms with E-state index < -0.39 is 0 Å². The molecule has 0 spiro atoms. The minimum Gasteiger partial charge on any atom is -0.439 e. The molecule has 1 aromatic heterocycles. The Balaban J connectivity index is 2.19. The van der Waals surface area contributed by atoms with Gasteiger partial charge in [0.2, 0.25) is 5.88 Å². The maximum Gasteiger partial charge on any atom is 0.219 e. The zero-order valence-electron chi connectivity index (χ0n) is 8.83. The van der Waals surface area contributed by atoms with Crippen LogP contribution in [-0.2, 0) is 0 Å². The van der Waals surface area contributed by atoms with Gasteiger partial charge in [0, 0.05) is 17.8 Å². The maximum atomic E-state index is 10.4. The molecule has 1 heterocycles. The predicted molar refractivity (Wildman–Crippen MR) is 60.9 cm³/mol. The monoisotopic (exact) mass is 224 g/mol. The van der Waals surface area contributed by atoms with E-state index in [1.807, 2.05) is 6.07 Å².